The molecule has 1 aromatic carbocycles. The minimum Gasteiger partial charge on any atom is -0.497 e. The minimum atomic E-state index is -0.0360. The number of carbonyl (C=O) groups is 1. The van der Waals surface area contributed by atoms with Gasteiger partial charge in [-0.2, -0.15) is 0 Å². The van der Waals surface area contributed by atoms with Gasteiger partial charge in [-0.1, -0.05) is 19.9 Å². The second-order valence-electron chi connectivity index (χ2n) is 4.84. The van der Waals surface area contributed by atoms with Crippen molar-refractivity contribution in [3.63, 3.8) is 0 Å². The van der Waals surface area contributed by atoms with Crippen LogP contribution in [0.1, 0.15) is 20.3 Å². The number of rotatable bonds is 10. The maximum absolute atomic E-state index is 11.8. The summed E-state index contributed by atoms with van der Waals surface area (Å²) in [5, 5.41) is 6.01. The number of benzene rings is 1. The fourth-order valence-corrected chi connectivity index (χ4v) is 2.08. The van der Waals surface area contributed by atoms with E-state index in [4.69, 9.17) is 4.74 Å². The molecule has 5 nitrogen and oxygen atoms in total. The van der Waals surface area contributed by atoms with Gasteiger partial charge in [0, 0.05) is 11.8 Å². The maximum atomic E-state index is 11.8. The SMILES string of the molecule is CCN(CC)CCCNCC(=O)Nc1cccc(OC)c1. The van der Waals surface area contributed by atoms with Gasteiger partial charge >= 0.3 is 0 Å². The first-order valence-corrected chi connectivity index (χ1v) is 7.56. The summed E-state index contributed by atoms with van der Waals surface area (Å²) in [4.78, 5) is 14.2. The van der Waals surface area contributed by atoms with Crippen molar-refractivity contribution in [1.82, 2.24) is 10.2 Å². The highest BCUT2D eigenvalue weighted by Gasteiger charge is 2.03. The molecule has 118 valence electrons. The van der Waals surface area contributed by atoms with Crippen LogP contribution in [0.3, 0.4) is 0 Å². The van der Waals surface area contributed by atoms with E-state index in [1.807, 2.05) is 18.2 Å². The van der Waals surface area contributed by atoms with Crippen LogP contribution in [0, 0.1) is 0 Å². The maximum Gasteiger partial charge on any atom is 0.238 e. The Morgan fingerprint density at radius 2 is 2.05 bits per heavy atom. The topological polar surface area (TPSA) is 53.6 Å². The molecule has 0 spiro atoms. The number of nitrogens with zero attached hydrogens (tertiary/aromatic N) is 1. The fraction of sp³-hybridized carbons (Fsp3) is 0.562. The van der Waals surface area contributed by atoms with Crippen molar-refractivity contribution in [1.29, 1.82) is 0 Å². The standard InChI is InChI=1S/C16H27N3O2/c1-4-19(5-2)11-7-10-17-13-16(20)18-14-8-6-9-15(12-14)21-3/h6,8-9,12,17H,4-5,7,10-11,13H2,1-3H3,(H,18,20). The van der Waals surface area contributed by atoms with E-state index in [0.29, 0.717) is 6.54 Å². The van der Waals surface area contributed by atoms with Crippen LogP contribution in [-0.2, 0) is 4.79 Å². The number of methoxy groups -OCH3 is 1. The summed E-state index contributed by atoms with van der Waals surface area (Å²) in [5.74, 6) is 0.700. The first-order chi connectivity index (χ1) is 10.2. The normalized spacial score (nSPS) is 10.7. The van der Waals surface area contributed by atoms with E-state index in [0.717, 1.165) is 44.0 Å². The van der Waals surface area contributed by atoms with Gasteiger partial charge in [-0.05, 0) is 44.7 Å². The monoisotopic (exact) mass is 293 g/mol. The van der Waals surface area contributed by atoms with Crippen molar-refractivity contribution < 1.29 is 9.53 Å². The molecule has 1 aromatic rings. The van der Waals surface area contributed by atoms with Crippen LogP contribution in [0.5, 0.6) is 5.75 Å². The third-order valence-corrected chi connectivity index (χ3v) is 3.36. The van der Waals surface area contributed by atoms with Crippen LogP contribution in [0.25, 0.3) is 0 Å². The number of carbonyl (C=O) groups excluding carboxylic acids is 1. The third kappa shape index (κ3) is 7.11. The second-order valence-corrected chi connectivity index (χ2v) is 4.84. The van der Waals surface area contributed by atoms with Gasteiger partial charge < -0.3 is 20.3 Å². The lowest BCUT2D eigenvalue weighted by atomic mass is 10.3. The fourth-order valence-electron chi connectivity index (χ4n) is 2.08. The average Bonchev–Trinajstić information content (AvgIpc) is 2.51. The van der Waals surface area contributed by atoms with Gasteiger partial charge in [0.2, 0.25) is 5.91 Å². The lowest BCUT2D eigenvalue weighted by molar-refractivity contribution is -0.115. The van der Waals surface area contributed by atoms with Crippen LogP contribution in [0.2, 0.25) is 0 Å². The molecule has 0 radical (unpaired) electrons. The van der Waals surface area contributed by atoms with Crippen LogP contribution < -0.4 is 15.4 Å². The number of nitrogens with one attached hydrogen (secondary N) is 2. The highest BCUT2D eigenvalue weighted by Crippen LogP contribution is 2.16. The molecule has 0 saturated carbocycles. The third-order valence-electron chi connectivity index (χ3n) is 3.36. The van der Waals surface area contributed by atoms with Gasteiger partial charge in [-0.3, -0.25) is 4.79 Å². The number of anilines is 1. The molecule has 0 heterocycles. The van der Waals surface area contributed by atoms with E-state index >= 15 is 0 Å². The van der Waals surface area contributed by atoms with Crippen molar-refractivity contribution in [2.45, 2.75) is 20.3 Å². The molecule has 0 aliphatic heterocycles. The number of hydrogen-bond acceptors (Lipinski definition) is 4. The molecule has 0 fully saturated rings. The Morgan fingerprint density at radius 3 is 2.71 bits per heavy atom. The van der Waals surface area contributed by atoms with Crippen molar-refractivity contribution in [3.05, 3.63) is 24.3 Å². The molecule has 0 aromatic heterocycles. The zero-order valence-corrected chi connectivity index (χ0v) is 13.3. The van der Waals surface area contributed by atoms with Crippen LogP contribution in [0.4, 0.5) is 5.69 Å². The summed E-state index contributed by atoms with van der Waals surface area (Å²) in [6.45, 7) is 8.73. The van der Waals surface area contributed by atoms with Gasteiger partial charge in [0.1, 0.15) is 5.75 Å². The van der Waals surface area contributed by atoms with E-state index in [-0.39, 0.29) is 5.91 Å². The van der Waals surface area contributed by atoms with Crippen LogP contribution >= 0.6 is 0 Å². The molecule has 21 heavy (non-hydrogen) atoms. The molecule has 0 atom stereocenters. The van der Waals surface area contributed by atoms with E-state index < -0.39 is 0 Å². The summed E-state index contributed by atoms with van der Waals surface area (Å²) < 4.78 is 5.12. The van der Waals surface area contributed by atoms with Gasteiger partial charge in [-0.25, -0.2) is 0 Å². The summed E-state index contributed by atoms with van der Waals surface area (Å²) in [5.41, 5.74) is 0.754. The summed E-state index contributed by atoms with van der Waals surface area (Å²) in [6.07, 6.45) is 1.05. The molecule has 1 rings (SSSR count). The predicted octanol–water partition coefficient (Wildman–Crippen LogP) is 1.96. The molecule has 0 saturated heterocycles. The van der Waals surface area contributed by atoms with E-state index in [1.54, 1.807) is 13.2 Å². The number of ether oxygens (including phenoxy) is 1. The molecule has 2 N–H and O–H groups in total. The molecular formula is C16H27N3O2. The van der Waals surface area contributed by atoms with Crippen molar-refractivity contribution in [2.24, 2.45) is 0 Å². The quantitative estimate of drug-likeness (QED) is 0.648. The van der Waals surface area contributed by atoms with E-state index in [2.05, 4.69) is 29.4 Å². The zero-order valence-electron chi connectivity index (χ0n) is 13.3. The second kappa shape index (κ2) is 10.2. The van der Waals surface area contributed by atoms with Crippen LogP contribution in [-0.4, -0.2) is 50.6 Å². The number of amides is 1. The van der Waals surface area contributed by atoms with Gasteiger partial charge in [0.05, 0.1) is 13.7 Å². The van der Waals surface area contributed by atoms with Gasteiger partial charge in [0.15, 0.2) is 0 Å². The molecule has 0 aliphatic rings. The summed E-state index contributed by atoms with van der Waals surface area (Å²) in [7, 11) is 1.61. The highest BCUT2D eigenvalue weighted by atomic mass is 16.5. The van der Waals surface area contributed by atoms with Crippen molar-refractivity contribution in [2.75, 3.05) is 45.2 Å². The Bertz CT molecular complexity index is 420. The Labute approximate surface area is 127 Å². The Hall–Kier alpha value is -1.59. The molecule has 0 bridgehead atoms. The molecular weight excluding hydrogens is 266 g/mol. The molecule has 0 aliphatic carbocycles. The van der Waals surface area contributed by atoms with Gasteiger partial charge in [-0.15, -0.1) is 0 Å². The smallest absolute Gasteiger partial charge is 0.238 e. The van der Waals surface area contributed by atoms with E-state index in [9.17, 15) is 4.79 Å². The van der Waals surface area contributed by atoms with Crippen molar-refractivity contribution >= 4 is 11.6 Å². The Kier molecular flexibility index (Phi) is 8.47. The molecule has 0 unspecified atom stereocenters. The highest BCUT2D eigenvalue weighted by molar-refractivity contribution is 5.92. The predicted molar refractivity (Wildman–Crippen MR) is 86.9 cm³/mol. The summed E-state index contributed by atoms with van der Waals surface area (Å²) in [6, 6.07) is 7.35. The van der Waals surface area contributed by atoms with E-state index in [1.165, 1.54) is 0 Å². The lowest BCUT2D eigenvalue weighted by Gasteiger charge is -2.17. The average molecular weight is 293 g/mol. The first kappa shape index (κ1) is 17.5. The van der Waals surface area contributed by atoms with Gasteiger partial charge in [0.25, 0.3) is 0 Å². The minimum absolute atomic E-state index is 0.0360. The van der Waals surface area contributed by atoms with Crippen molar-refractivity contribution in [3.8, 4) is 5.75 Å². The first-order valence-electron chi connectivity index (χ1n) is 7.56. The Morgan fingerprint density at radius 1 is 1.29 bits per heavy atom. The zero-order chi connectivity index (χ0) is 15.5. The summed E-state index contributed by atoms with van der Waals surface area (Å²) >= 11 is 0. The number of hydrogen-bond donors (Lipinski definition) is 2. The lowest BCUT2D eigenvalue weighted by Crippen LogP contribution is -2.31. The largest absolute Gasteiger partial charge is 0.497 e. The molecule has 5 heteroatoms. The Balaban J connectivity index is 2.19. The van der Waals surface area contributed by atoms with Crippen LogP contribution in [0.15, 0.2) is 24.3 Å². The molecule has 1 amide bonds.